The molecule has 1 unspecified atom stereocenters. The number of hydrogen-bond acceptors (Lipinski definition) is 4. The second-order valence-electron chi connectivity index (χ2n) is 5.00. The topological polar surface area (TPSA) is 68.2 Å². The average molecular weight is 286 g/mol. The molecule has 1 aromatic heterocycles. The first kappa shape index (κ1) is 13.6. The third-order valence-corrected chi connectivity index (χ3v) is 3.44. The zero-order valence-electron chi connectivity index (χ0n) is 12.1. The normalized spacial score (nSPS) is 16.7. The van der Waals surface area contributed by atoms with E-state index in [9.17, 15) is 4.79 Å². The van der Waals surface area contributed by atoms with Crippen LogP contribution in [0.2, 0.25) is 0 Å². The second kappa shape index (κ2) is 5.57. The van der Waals surface area contributed by atoms with E-state index in [0.29, 0.717) is 11.5 Å². The number of benzene rings is 1. The molecule has 0 fully saturated rings. The lowest BCUT2D eigenvalue weighted by atomic mass is 10.1. The number of amides is 1. The summed E-state index contributed by atoms with van der Waals surface area (Å²) in [5, 5.41) is 10.1. The Balaban J connectivity index is 1.78. The number of likely N-dealkylation sites (N-methyl/N-ethyl adjacent to an activating group) is 1. The molecule has 2 heterocycles. The molecule has 1 aliphatic heterocycles. The van der Waals surface area contributed by atoms with Gasteiger partial charge in [0.05, 0.1) is 12.4 Å². The van der Waals surface area contributed by atoms with E-state index in [1.54, 1.807) is 13.2 Å². The van der Waals surface area contributed by atoms with Gasteiger partial charge in [-0.25, -0.2) is 0 Å². The summed E-state index contributed by atoms with van der Waals surface area (Å²) in [6, 6.07) is 5.31. The smallest absolute Gasteiger partial charge is 0.246 e. The van der Waals surface area contributed by atoms with E-state index in [1.807, 2.05) is 29.1 Å². The Kier molecular flexibility index (Phi) is 3.62. The van der Waals surface area contributed by atoms with E-state index in [-0.39, 0.29) is 11.9 Å². The Morgan fingerprint density at radius 2 is 2.29 bits per heavy atom. The molecular formula is C15H18N4O2. The van der Waals surface area contributed by atoms with Crippen molar-refractivity contribution in [1.82, 2.24) is 15.1 Å². The van der Waals surface area contributed by atoms with Gasteiger partial charge < -0.3 is 15.4 Å². The van der Waals surface area contributed by atoms with Crippen molar-refractivity contribution in [3.05, 3.63) is 36.2 Å². The van der Waals surface area contributed by atoms with E-state index in [4.69, 9.17) is 4.74 Å². The minimum absolute atomic E-state index is 0.0413. The maximum atomic E-state index is 11.8. The van der Waals surface area contributed by atoms with Crippen molar-refractivity contribution in [3.8, 4) is 11.5 Å². The largest absolute Gasteiger partial charge is 0.454 e. The highest BCUT2D eigenvalue weighted by Crippen LogP contribution is 2.34. The van der Waals surface area contributed by atoms with Crippen LogP contribution in [0.5, 0.6) is 11.5 Å². The van der Waals surface area contributed by atoms with Crippen LogP contribution < -0.4 is 15.4 Å². The molecule has 0 aliphatic carbocycles. The summed E-state index contributed by atoms with van der Waals surface area (Å²) < 4.78 is 7.63. The summed E-state index contributed by atoms with van der Waals surface area (Å²) >= 11 is 0. The number of nitrogens with zero attached hydrogens (tertiary/aromatic N) is 2. The highest BCUT2D eigenvalue weighted by atomic mass is 16.5. The number of nitrogens with one attached hydrogen (secondary N) is 2. The first-order chi connectivity index (χ1) is 10.2. The molecule has 2 N–H and O–H groups in total. The van der Waals surface area contributed by atoms with Gasteiger partial charge in [0.1, 0.15) is 11.8 Å². The summed E-state index contributed by atoms with van der Waals surface area (Å²) in [5.74, 6) is 1.33. The molecule has 6 nitrogen and oxygen atoms in total. The van der Waals surface area contributed by atoms with Gasteiger partial charge in [0.25, 0.3) is 0 Å². The average Bonchev–Trinajstić information content (AvgIpc) is 3.02. The molecule has 0 saturated carbocycles. The van der Waals surface area contributed by atoms with Crippen LogP contribution in [-0.4, -0.2) is 22.7 Å². The van der Waals surface area contributed by atoms with Crippen LogP contribution in [0.15, 0.2) is 30.6 Å². The molecule has 1 atom stereocenters. The fourth-order valence-corrected chi connectivity index (χ4v) is 2.48. The van der Waals surface area contributed by atoms with Gasteiger partial charge in [0.2, 0.25) is 5.91 Å². The molecule has 0 bridgehead atoms. The number of anilines is 1. The van der Waals surface area contributed by atoms with Crippen molar-refractivity contribution in [2.75, 3.05) is 12.4 Å². The van der Waals surface area contributed by atoms with Crippen molar-refractivity contribution >= 4 is 11.6 Å². The molecule has 2 aromatic rings. The third kappa shape index (κ3) is 2.62. The first-order valence-corrected chi connectivity index (χ1v) is 7.03. The summed E-state index contributed by atoms with van der Waals surface area (Å²) in [6.45, 7) is 2.97. The monoisotopic (exact) mass is 286 g/mol. The number of rotatable bonds is 5. The summed E-state index contributed by atoms with van der Waals surface area (Å²) in [4.78, 5) is 11.8. The van der Waals surface area contributed by atoms with Crippen molar-refractivity contribution < 1.29 is 9.53 Å². The Morgan fingerprint density at radius 3 is 3.05 bits per heavy atom. The van der Waals surface area contributed by atoms with Crippen molar-refractivity contribution in [1.29, 1.82) is 0 Å². The predicted molar refractivity (Wildman–Crippen MR) is 79.5 cm³/mol. The third-order valence-electron chi connectivity index (χ3n) is 3.44. The number of aryl methyl sites for hydroxylation is 1. The van der Waals surface area contributed by atoms with Gasteiger partial charge in [-0.05, 0) is 19.5 Å². The van der Waals surface area contributed by atoms with Crippen LogP contribution in [0.1, 0.15) is 24.9 Å². The van der Waals surface area contributed by atoms with Crippen LogP contribution in [0.25, 0.3) is 0 Å². The lowest BCUT2D eigenvalue weighted by Crippen LogP contribution is -2.23. The quantitative estimate of drug-likeness (QED) is 0.885. The van der Waals surface area contributed by atoms with Crippen molar-refractivity contribution in [3.63, 3.8) is 0 Å². The number of carbonyl (C=O) groups is 1. The fraction of sp³-hybridized carbons (Fsp3) is 0.333. The lowest BCUT2D eigenvalue weighted by molar-refractivity contribution is -0.117. The van der Waals surface area contributed by atoms with E-state index in [2.05, 4.69) is 22.7 Å². The Bertz CT molecular complexity index is 665. The van der Waals surface area contributed by atoms with Gasteiger partial charge in [-0.3, -0.25) is 9.48 Å². The zero-order chi connectivity index (χ0) is 14.8. The number of ether oxygens (including phenoxy) is 1. The number of fused-ring (bicyclic) bond motifs is 1. The molecule has 0 spiro atoms. The molecule has 21 heavy (non-hydrogen) atoms. The second-order valence-corrected chi connectivity index (χ2v) is 5.00. The zero-order valence-corrected chi connectivity index (χ0v) is 12.1. The number of hydrogen-bond donors (Lipinski definition) is 2. The number of carbonyl (C=O) groups excluding carboxylic acids is 1. The molecule has 6 heteroatoms. The van der Waals surface area contributed by atoms with Crippen LogP contribution in [0.3, 0.4) is 0 Å². The van der Waals surface area contributed by atoms with Gasteiger partial charge in [-0.15, -0.1) is 0 Å². The minimum Gasteiger partial charge on any atom is -0.454 e. The van der Waals surface area contributed by atoms with Crippen LogP contribution >= 0.6 is 0 Å². The SMILES string of the molecule is CCCn1cc(Oc2ccc3c(c2)NC(=O)C3NC)cn1. The predicted octanol–water partition coefficient (Wildman–Crippen LogP) is 2.30. The Morgan fingerprint density at radius 1 is 1.43 bits per heavy atom. The molecule has 110 valence electrons. The van der Waals surface area contributed by atoms with Gasteiger partial charge in [0, 0.05) is 23.9 Å². The van der Waals surface area contributed by atoms with E-state index in [1.165, 1.54) is 0 Å². The highest BCUT2D eigenvalue weighted by Gasteiger charge is 2.29. The van der Waals surface area contributed by atoms with Gasteiger partial charge in [-0.2, -0.15) is 5.10 Å². The summed E-state index contributed by atoms with van der Waals surface area (Å²) in [7, 11) is 1.77. The molecule has 1 aliphatic rings. The molecule has 1 amide bonds. The van der Waals surface area contributed by atoms with E-state index >= 15 is 0 Å². The van der Waals surface area contributed by atoms with Gasteiger partial charge in [0.15, 0.2) is 5.75 Å². The van der Waals surface area contributed by atoms with Crippen molar-refractivity contribution in [2.24, 2.45) is 0 Å². The molecule has 0 saturated heterocycles. The molecule has 1 aromatic carbocycles. The maximum absolute atomic E-state index is 11.8. The van der Waals surface area contributed by atoms with Crippen LogP contribution in [0, 0.1) is 0 Å². The van der Waals surface area contributed by atoms with E-state index < -0.39 is 0 Å². The van der Waals surface area contributed by atoms with Gasteiger partial charge in [-0.1, -0.05) is 13.0 Å². The molecule has 0 radical (unpaired) electrons. The highest BCUT2D eigenvalue weighted by molar-refractivity contribution is 6.02. The Hall–Kier alpha value is -2.34. The first-order valence-electron chi connectivity index (χ1n) is 7.03. The molecule has 3 rings (SSSR count). The Labute approximate surface area is 123 Å². The van der Waals surface area contributed by atoms with Crippen LogP contribution in [-0.2, 0) is 11.3 Å². The van der Waals surface area contributed by atoms with Crippen molar-refractivity contribution in [2.45, 2.75) is 25.9 Å². The van der Waals surface area contributed by atoms with E-state index in [0.717, 1.165) is 24.2 Å². The van der Waals surface area contributed by atoms with Crippen LogP contribution in [0.4, 0.5) is 5.69 Å². The van der Waals surface area contributed by atoms with Gasteiger partial charge >= 0.3 is 0 Å². The lowest BCUT2D eigenvalue weighted by Gasteiger charge is -2.08. The maximum Gasteiger partial charge on any atom is 0.246 e. The number of aromatic nitrogens is 2. The summed E-state index contributed by atoms with van der Waals surface area (Å²) in [5.41, 5.74) is 1.73. The fourth-order valence-electron chi connectivity index (χ4n) is 2.48. The molecular weight excluding hydrogens is 268 g/mol. The standard InChI is InChI=1S/C15H18N4O2/c1-3-6-19-9-11(8-17-19)21-10-4-5-12-13(7-10)18-15(20)14(12)16-2/h4-5,7-9,14,16H,3,6H2,1-2H3,(H,18,20). The summed E-state index contributed by atoms with van der Waals surface area (Å²) in [6.07, 6.45) is 4.58. The minimum atomic E-state index is -0.290.